The van der Waals surface area contributed by atoms with E-state index in [1.54, 1.807) is 5.57 Å². The van der Waals surface area contributed by atoms with Crippen LogP contribution >= 0.6 is 0 Å². The number of hydrogen-bond acceptors (Lipinski definition) is 2. The molecule has 0 fully saturated rings. The summed E-state index contributed by atoms with van der Waals surface area (Å²) in [6, 6.07) is 0. The van der Waals surface area contributed by atoms with Gasteiger partial charge in [0, 0.05) is 26.7 Å². The first kappa shape index (κ1) is 17.0. The number of nitrogens with one attached hydrogen (secondary N) is 2. The van der Waals surface area contributed by atoms with Crippen molar-refractivity contribution in [2.75, 3.05) is 26.7 Å². The van der Waals surface area contributed by atoms with Crippen molar-refractivity contribution < 1.29 is 4.74 Å². The molecule has 0 aromatic carbocycles. The molecule has 1 aliphatic rings. The third-order valence-electron chi connectivity index (χ3n) is 3.41. The van der Waals surface area contributed by atoms with Gasteiger partial charge in [-0.25, -0.2) is 0 Å². The lowest BCUT2D eigenvalue weighted by Gasteiger charge is -2.15. The molecule has 1 aliphatic carbocycles. The normalized spacial score (nSPS) is 16.2. The molecular formula is C16H31N3O. The zero-order valence-electron chi connectivity index (χ0n) is 13.4. The Morgan fingerprint density at radius 3 is 2.75 bits per heavy atom. The Hall–Kier alpha value is -1.03. The lowest BCUT2D eigenvalue weighted by atomic mass is 9.97. The van der Waals surface area contributed by atoms with Gasteiger partial charge in [-0.1, -0.05) is 11.6 Å². The highest BCUT2D eigenvalue weighted by Crippen LogP contribution is 2.19. The van der Waals surface area contributed by atoms with Crippen molar-refractivity contribution in [2.24, 2.45) is 4.99 Å². The van der Waals surface area contributed by atoms with E-state index in [4.69, 9.17) is 4.74 Å². The number of ether oxygens (including phenoxy) is 1. The lowest BCUT2D eigenvalue weighted by Crippen LogP contribution is -2.38. The second-order valence-corrected chi connectivity index (χ2v) is 5.56. The summed E-state index contributed by atoms with van der Waals surface area (Å²) < 4.78 is 5.51. The van der Waals surface area contributed by atoms with Crippen molar-refractivity contribution in [2.45, 2.75) is 58.5 Å². The fourth-order valence-corrected chi connectivity index (χ4v) is 2.29. The zero-order chi connectivity index (χ0) is 14.6. The van der Waals surface area contributed by atoms with E-state index in [1.165, 1.54) is 25.7 Å². The van der Waals surface area contributed by atoms with Crippen LogP contribution in [0.2, 0.25) is 0 Å². The number of rotatable bonds is 8. The smallest absolute Gasteiger partial charge is 0.190 e. The molecule has 0 aliphatic heterocycles. The van der Waals surface area contributed by atoms with Gasteiger partial charge in [-0.05, 0) is 52.4 Å². The van der Waals surface area contributed by atoms with Gasteiger partial charge in [0.05, 0.1) is 6.10 Å². The van der Waals surface area contributed by atoms with E-state index in [-0.39, 0.29) is 0 Å². The summed E-state index contributed by atoms with van der Waals surface area (Å²) in [7, 11) is 1.82. The van der Waals surface area contributed by atoms with E-state index in [1.807, 2.05) is 7.05 Å². The van der Waals surface area contributed by atoms with Crippen molar-refractivity contribution in [1.82, 2.24) is 10.6 Å². The van der Waals surface area contributed by atoms with Crippen molar-refractivity contribution in [1.29, 1.82) is 0 Å². The fourth-order valence-electron chi connectivity index (χ4n) is 2.29. The Kier molecular flexibility index (Phi) is 9.13. The quantitative estimate of drug-likeness (QED) is 0.311. The Morgan fingerprint density at radius 1 is 1.30 bits per heavy atom. The average Bonchev–Trinajstić information content (AvgIpc) is 2.46. The minimum Gasteiger partial charge on any atom is -0.379 e. The lowest BCUT2D eigenvalue weighted by molar-refractivity contribution is 0.0776. The van der Waals surface area contributed by atoms with Crippen LogP contribution in [-0.2, 0) is 4.74 Å². The molecule has 116 valence electrons. The van der Waals surface area contributed by atoms with Crippen LogP contribution in [0, 0.1) is 0 Å². The third-order valence-corrected chi connectivity index (χ3v) is 3.41. The van der Waals surface area contributed by atoms with Gasteiger partial charge in [0.15, 0.2) is 5.96 Å². The van der Waals surface area contributed by atoms with Gasteiger partial charge >= 0.3 is 0 Å². The van der Waals surface area contributed by atoms with Crippen LogP contribution in [0.5, 0.6) is 0 Å². The highest BCUT2D eigenvalue weighted by molar-refractivity contribution is 5.79. The Bertz CT molecular complexity index is 311. The average molecular weight is 281 g/mol. The molecule has 0 saturated heterocycles. The largest absolute Gasteiger partial charge is 0.379 e. The third kappa shape index (κ3) is 8.20. The maximum Gasteiger partial charge on any atom is 0.190 e. The first-order valence-electron chi connectivity index (χ1n) is 7.96. The van der Waals surface area contributed by atoms with Gasteiger partial charge < -0.3 is 15.4 Å². The molecule has 4 nitrogen and oxygen atoms in total. The molecule has 2 N–H and O–H groups in total. The summed E-state index contributed by atoms with van der Waals surface area (Å²) in [5.41, 5.74) is 1.60. The van der Waals surface area contributed by atoms with Crippen LogP contribution in [0.25, 0.3) is 0 Å². The molecule has 0 atom stereocenters. The number of guanidine groups is 1. The van der Waals surface area contributed by atoms with Crippen LogP contribution < -0.4 is 10.6 Å². The van der Waals surface area contributed by atoms with Crippen molar-refractivity contribution in [3.63, 3.8) is 0 Å². The molecule has 0 amide bonds. The Balaban J connectivity index is 2.06. The van der Waals surface area contributed by atoms with E-state index in [2.05, 4.69) is 35.5 Å². The molecule has 0 aromatic heterocycles. The van der Waals surface area contributed by atoms with Crippen LogP contribution in [0.15, 0.2) is 16.6 Å². The first-order chi connectivity index (χ1) is 9.72. The molecule has 0 aromatic rings. The van der Waals surface area contributed by atoms with E-state index in [9.17, 15) is 0 Å². The second kappa shape index (κ2) is 10.7. The summed E-state index contributed by atoms with van der Waals surface area (Å²) >= 11 is 0. The van der Waals surface area contributed by atoms with Gasteiger partial charge in [0.2, 0.25) is 0 Å². The van der Waals surface area contributed by atoms with Crippen molar-refractivity contribution >= 4 is 5.96 Å². The zero-order valence-corrected chi connectivity index (χ0v) is 13.4. The molecule has 0 unspecified atom stereocenters. The van der Waals surface area contributed by atoms with E-state index in [0.717, 1.165) is 38.5 Å². The molecule has 4 heteroatoms. The molecule has 0 bridgehead atoms. The fraction of sp³-hybridized carbons (Fsp3) is 0.812. The monoisotopic (exact) mass is 281 g/mol. The molecule has 0 radical (unpaired) electrons. The Morgan fingerprint density at radius 2 is 2.10 bits per heavy atom. The summed E-state index contributed by atoms with van der Waals surface area (Å²) in [4.78, 5) is 4.24. The standard InChI is InChI=1S/C16H31N3O/c1-14(2)20-13-7-11-18-16(17-3)19-12-10-15-8-5-4-6-9-15/h8,14H,4-7,9-13H2,1-3H3,(H2,17,18,19). The topological polar surface area (TPSA) is 45.7 Å². The molecule has 20 heavy (non-hydrogen) atoms. The van der Waals surface area contributed by atoms with Crippen LogP contribution in [-0.4, -0.2) is 38.8 Å². The summed E-state index contributed by atoms with van der Waals surface area (Å²) in [5.74, 6) is 0.894. The van der Waals surface area contributed by atoms with Crippen LogP contribution in [0.4, 0.5) is 0 Å². The van der Waals surface area contributed by atoms with E-state index < -0.39 is 0 Å². The van der Waals surface area contributed by atoms with Gasteiger partial charge in [-0.3, -0.25) is 4.99 Å². The van der Waals surface area contributed by atoms with Crippen LogP contribution in [0.1, 0.15) is 52.4 Å². The van der Waals surface area contributed by atoms with Gasteiger partial charge in [-0.15, -0.1) is 0 Å². The summed E-state index contributed by atoms with van der Waals surface area (Å²) in [6.07, 6.45) is 10.1. The van der Waals surface area contributed by atoms with E-state index >= 15 is 0 Å². The molecule has 0 heterocycles. The van der Waals surface area contributed by atoms with Gasteiger partial charge in [0.25, 0.3) is 0 Å². The minimum atomic E-state index is 0.316. The van der Waals surface area contributed by atoms with Gasteiger partial charge in [-0.2, -0.15) is 0 Å². The predicted molar refractivity (Wildman–Crippen MR) is 86.2 cm³/mol. The summed E-state index contributed by atoms with van der Waals surface area (Å²) in [6.45, 7) is 6.79. The first-order valence-corrected chi connectivity index (χ1v) is 7.96. The van der Waals surface area contributed by atoms with E-state index in [0.29, 0.717) is 6.10 Å². The predicted octanol–water partition coefficient (Wildman–Crippen LogP) is 2.86. The number of nitrogens with zero attached hydrogens (tertiary/aromatic N) is 1. The van der Waals surface area contributed by atoms with Gasteiger partial charge in [0.1, 0.15) is 0 Å². The maximum absolute atomic E-state index is 5.51. The SMILES string of the molecule is CN=C(NCCCOC(C)C)NCCC1=CCCCC1. The molecule has 1 rings (SSSR count). The Labute approximate surface area is 124 Å². The molecule has 0 spiro atoms. The van der Waals surface area contributed by atoms with Crippen molar-refractivity contribution in [3.8, 4) is 0 Å². The number of hydrogen-bond donors (Lipinski definition) is 2. The highest BCUT2D eigenvalue weighted by Gasteiger charge is 2.04. The maximum atomic E-state index is 5.51. The summed E-state index contributed by atoms with van der Waals surface area (Å²) in [5, 5.41) is 6.69. The van der Waals surface area contributed by atoms with Crippen LogP contribution in [0.3, 0.4) is 0 Å². The number of aliphatic imine (C=N–C) groups is 1. The number of allylic oxidation sites excluding steroid dienone is 1. The van der Waals surface area contributed by atoms with Crippen molar-refractivity contribution in [3.05, 3.63) is 11.6 Å². The highest BCUT2D eigenvalue weighted by atomic mass is 16.5. The molecular weight excluding hydrogens is 250 g/mol. The molecule has 0 saturated carbocycles. The minimum absolute atomic E-state index is 0.316. The second-order valence-electron chi connectivity index (χ2n) is 5.56.